The van der Waals surface area contributed by atoms with Crippen molar-refractivity contribution < 1.29 is 8.42 Å². The Morgan fingerprint density at radius 1 is 1.55 bits per heavy atom. The van der Waals surface area contributed by atoms with Crippen molar-refractivity contribution in [2.75, 3.05) is 20.1 Å². The molecule has 1 aliphatic rings. The van der Waals surface area contributed by atoms with Gasteiger partial charge in [0.1, 0.15) is 4.21 Å². The van der Waals surface area contributed by atoms with Crippen molar-refractivity contribution in [3.05, 3.63) is 14.9 Å². The summed E-state index contributed by atoms with van der Waals surface area (Å²) in [6, 6.07) is 1.62. The van der Waals surface area contributed by atoms with Crippen molar-refractivity contribution >= 4 is 48.9 Å². The van der Waals surface area contributed by atoms with E-state index >= 15 is 0 Å². The maximum atomic E-state index is 12.8. The highest BCUT2D eigenvalue weighted by molar-refractivity contribution is 9.11. The predicted molar refractivity (Wildman–Crippen MR) is 87.1 cm³/mol. The van der Waals surface area contributed by atoms with Gasteiger partial charge in [0.25, 0.3) is 10.0 Å². The van der Waals surface area contributed by atoms with Crippen molar-refractivity contribution in [1.29, 1.82) is 0 Å². The molecule has 0 spiro atoms. The standard InChI is InChI=1S/C12H18BrClN2O2S2/c1-15-6-5-9-4-2-3-7-16(9)20(17,18)11-8-10(14)12(13)19-11/h8-9,15H,2-7H2,1H3. The summed E-state index contributed by atoms with van der Waals surface area (Å²) in [6.45, 7) is 1.43. The number of rotatable bonds is 5. The minimum atomic E-state index is -3.43. The molecule has 1 atom stereocenters. The third-order valence-corrected chi connectivity index (χ3v) is 8.36. The lowest BCUT2D eigenvalue weighted by atomic mass is 10.0. The first-order valence-corrected chi connectivity index (χ1v) is 10.0. The topological polar surface area (TPSA) is 49.4 Å². The first kappa shape index (κ1) is 16.7. The number of nitrogens with one attached hydrogen (secondary N) is 1. The van der Waals surface area contributed by atoms with Gasteiger partial charge in [0, 0.05) is 12.6 Å². The Kier molecular flexibility index (Phi) is 5.90. The Hall–Kier alpha value is 0.340. The first-order chi connectivity index (χ1) is 9.46. The van der Waals surface area contributed by atoms with Crippen LogP contribution in [0, 0.1) is 0 Å². The lowest BCUT2D eigenvalue weighted by molar-refractivity contribution is 0.241. The van der Waals surface area contributed by atoms with Crippen LogP contribution in [0.5, 0.6) is 0 Å². The molecule has 1 fully saturated rings. The zero-order valence-electron chi connectivity index (χ0n) is 11.2. The summed E-state index contributed by atoms with van der Waals surface area (Å²) in [5.41, 5.74) is 0. The second kappa shape index (κ2) is 7.07. The number of halogens is 2. The van der Waals surface area contributed by atoms with E-state index in [1.807, 2.05) is 7.05 Å². The van der Waals surface area contributed by atoms with Crippen molar-refractivity contribution in [2.45, 2.75) is 35.9 Å². The summed E-state index contributed by atoms with van der Waals surface area (Å²) in [4.78, 5) is 0. The zero-order valence-corrected chi connectivity index (χ0v) is 15.2. The summed E-state index contributed by atoms with van der Waals surface area (Å²) in [5, 5.41) is 3.55. The molecular weight excluding hydrogens is 384 g/mol. The number of thiophene rings is 1. The molecule has 0 bridgehead atoms. The van der Waals surface area contributed by atoms with Crippen LogP contribution in [0.3, 0.4) is 0 Å². The summed E-state index contributed by atoms with van der Waals surface area (Å²) in [7, 11) is -1.55. The van der Waals surface area contributed by atoms with Gasteiger partial charge in [-0.25, -0.2) is 8.42 Å². The molecule has 1 aliphatic heterocycles. The molecule has 1 N–H and O–H groups in total. The van der Waals surface area contributed by atoms with Gasteiger partial charge in [-0.2, -0.15) is 4.31 Å². The van der Waals surface area contributed by atoms with Gasteiger partial charge >= 0.3 is 0 Å². The lowest BCUT2D eigenvalue weighted by Crippen LogP contribution is -2.44. The van der Waals surface area contributed by atoms with E-state index in [0.29, 0.717) is 19.6 Å². The normalized spacial score (nSPS) is 21.2. The molecule has 0 saturated carbocycles. The molecule has 1 aromatic rings. The molecule has 2 rings (SSSR count). The first-order valence-electron chi connectivity index (χ1n) is 6.58. The zero-order chi connectivity index (χ0) is 14.8. The van der Waals surface area contributed by atoms with Crippen molar-refractivity contribution in [1.82, 2.24) is 9.62 Å². The predicted octanol–water partition coefficient (Wildman–Crippen LogP) is 3.32. The highest BCUT2D eigenvalue weighted by Crippen LogP contribution is 2.37. The van der Waals surface area contributed by atoms with E-state index in [-0.39, 0.29) is 6.04 Å². The van der Waals surface area contributed by atoms with Gasteiger partial charge in [-0.05, 0) is 54.9 Å². The third kappa shape index (κ3) is 3.56. The molecule has 1 saturated heterocycles. The Labute approximate surface area is 137 Å². The molecule has 0 radical (unpaired) electrons. The Bertz CT molecular complexity index is 542. The number of sulfonamides is 1. The van der Waals surface area contributed by atoms with Crippen LogP contribution in [-0.2, 0) is 10.0 Å². The monoisotopic (exact) mass is 400 g/mol. The third-order valence-electron chi connectivity index (χ3n) is 3.49. The largest absolute Gasteiger partial charge is 0.320 e. The molecule has 1 unspecified atom stereocenters. The molecule has 0 aliphatic carbocycles. The summed E-state index contributed by atoms with van der Waals surface area (Å²) in [6.07, 6.45) is 3.79. The van der Waals surface area contributed by atoms with Crippen LogP contribution >= 0.6 is 38.9 Å². The average molecular weight is 402 g/mol. The molecule has 0 amide bonds. The van der Waals surface area contributed by atoms with Crippen molar-refractivity contribution in [3.63, 3.8) is 0 Å². The fourth-order valence-corrected chi connectivity index (χ4v) is 6.71. The Morgan fingerprint density at radius 3 is 2.90 bits per heavy atom. The van der Waals surface area contributed by atoms with Gasteiger partial charge in [0.2, 0.25) is 0 Å². The van der Waals surface area contributed by atoms with E-state index in [4.69, 9.17) is 11.6 Å². The summed E-state index contributed by atoms with van der Waals surface area (Å²) in [5.74, 6) is 0. The van der Waals surface area contributed by atoms with E-state index in [0.717, 1.165) is 32.2 Å². The molecule has 0 aromatic carbocycles. The van der Waals surface area contributed by atoms with Crippen LogP contribution in [0.25, 0.3) is 0 Å². The molecule has 1 aromatic heterocycles. The fraction of sp³-hybridized carbons (Fsp3) is 0.667. The summed E-state index contributed by atoms with van der Waals surface area (Å²) >= 11 is 10.4. The number of piperidine rings is 1. The van der Waals surface area contributed by atoms with E-state index in [1.54, 1.807) is 4.31 Å². The Morgan fingerprint density at radius 2 is 2.30 bits per heavy atom. The van der Waals surface area contributed by atoms with E-state index in [9.17, 15) is 8.42 Å². The SMILES string of the molecule is CNCCC1CCCCN1S(=O)(=O)c1cc(Cl)c(Br)s1. The maximum absolute atomic E-state index is 12.8. The van der Waals surface area contributed by atoms with E-state index < -0.39 is 10.0 Å². The van der Waals surface area contributed by atoms with Gasteiger partial charge < -0.3 is 5.32 Å². The van der Waals surface area contributed by atoms with Crippen molar-refractivity contribution in [3.8, 4) is 0 Å². The fourth-order valence-electron chi connectivity index (χ4n) is 2.46. The average Bonchev–Trinajstić information content (AvgIpc) is 2.77. The van der Waals surface area contributed by atoms with Gasteiger partial charge in [-0.15, -0.1) is 11.3 Å². The molecule has 114 valence electrons. The van der Waals surface area contributed by atoms with E-state index in [1.165, 1.54) is 17.4 Å². The van der Waals surface area contributed by atoms with Crippen LogP contribution < -0.4 is 5.32 Å². The van der Waals surface area contributed by atoms with Crippen LogP contribution in [0.1, 0.15) is 25.7 Å². The highest BCUT2D eigenvalue weighted by atomic mass is 79.9. The van der Waals surface area contributed by atoms with E-state index in [2.05, 4.69) is 21.2 Å². The van der Waals surface area contributed by atoms with Gasteiger partial charge in [-0.3, -0.25) is 0 Å². The number of hydrogen-bond donors (Lipinski definition) is 1. The number of hydrogen-bond acceptors (Lipinski definition) is 4. The van der Waals surface area contributed by atoms with Gasteiger partial charge in [0.05, 0.1) is 8.81 Å². The maximum Gasteiger partial charge on any atom is 0.252 e. The molecular formula is C12H18BrClN2O2S2. The minimum Gasteiger partial charge on any atom is -0.320 e. The molecule has 4 nitrogen and oxygen atoms in total. The quantitative estimate of drug-likeness (QED) is 0.823. The highest BCUT2D eigenvalue weighted by Gasteiger charge is 2.34. The van der Waals surface area contributed by atoms with Gasteiger partial charge in [0.15, 0.2) is 0 Å². The smallest absolute Gasteiger partial charge is 0.252 e. The van der Waals surface area contributed by atoms with Crippen LogP contribution in [-0.4, -0.2) is 38.9 Å². The second-order valence-corrected chi connectivity index (χ2v) is 9.74. The van der Waals surface area contributed by atoms with Crippen LogP contribution in [0.2, 0.25) is 5.02 Å². The van der Waals surface area contributed by atoms with Crippen molar-refractivity contribution in [2.24, 2.45) is 0 Å². The number of nitrogens with zero attached hydrogens (tertiary/aromatic N) is 1. The molecule has 2 heterocycles. The molecule has 8 heteroatoms. The molecule has 20 heavy (non-hydrogen) atoms. The lowest BCUT2D eigenvalue weighted by Gasteiger charge is -2.34. The van der Waals surface area contributed by atoms with Crippen LogP contribution in [0.15, 0.2) is 14.1 Å². The van der Waals surface area contributed by atoms with Crippen LogP contribution in [0.4, 0.5) is 0 Å². The Balaban J connectivity index is 2.25. The van der Waals surface area contributed by atoms with Gasteiger partial charge in [-0.1, -0.05) is 18.0 Å². The second-order valence-electron chi connectivity index (χ2n) is 4.84. The summed E-state index contributed by atoms with van der Waals surface area (Å²) < 4.78 is 28.2. The minimum absolute atomic E-state index is 0.0841.